The van der Waals surface area contributed by atoms with Crippen LogP contribution < -0.4 is 0 Å². The average Bonchev–Trinajstić information content (AvgIpc) is 2.63. The fourth-order valence-corrected chi connectivity index (χ4v) is 2.87. The van der Waals surface area contributed by atoms with Crippen molar-refractivity contribution in [1.82, 2.24) is 0 Å². The summed E-state index contributed by atoms with van der Waals surface area (Å²) in [4.78, 5) is 24.3. The van der Waals surface area contributed by atoms with Gasteiger partial charge in [0.05, 0.1) is 23.8 Å². The maximum absolute atomic E-state index is 12.2. The largest absolute Gasteiger partial charge is 0.460 e. The number of esters is 2. The fraction of sp³-hybridized carbons (Fsp3) is 0.391. The highest BCUT2D eigenvalue weighted by molar-refractivity contribution is 5.91. The highest BCUT2D eigenvalue weighted by Crippen LogP contribution is 2.13. The SMILES string of the molecule is Cc1ccc(C(=O)OCCOC(C)COC(=O)c2ccc(C)cc2C)c(C)c1. The monoisotopic (exact) mass is 384 g/mol. The zero-order valence-corrected chi connectivity index (χ0v) is 17.2. The van der Waals surface area contributed by atoms with Crippen LogP contribution >= 0.6 is 0 Å². The van der Waals surface area contributed by atoms with Gasteiger partial charge in [-0.1, -0.05) is 35.4 Å². The lowest BCUT2D eigenvalue weighted by Crippen LogP contribution is -2.22. The van der Waals surface area contributed by atoms with Crippen LogP contribution in [0.3, 0.4) is 0 Å². The summed E-state index contributed by atoms with van der Waals surface area (Å²) in [6.07, 6.45) is -0.297. The molecule has 2 aromatic rings. The van der Waals surface area contributed by atoms with E-state index in [1.165, 1.54) is 0 Å². The van der Waals surface area contributed by atoms with Crippen molar-refractivity contribution in [2.45, 2.75) is 40.7 Å². The van der Waals surface area contributed by atoms with Gasteiger partial charge in [-0.25, -0.2) is 9.59 Å². The molecule has 0 spiro atoms. The standard InChI is InChI=1S/C23H28O5/c1-15-6-8-20(17(3)12-15)22(24)27-11-10-26-19(5)14-28-23(25)21-9-7-16(2)13-18(21)4/h6-9,12-13,19H,10-11,14H2,1-5H3. The summed E-state index contributed by atoms with van der Waals surface area (Å²) < 4.78 is 16.1. The van der Waals surface area contributed by atoms with Crippen LogP contribution in [0.5, 0.6) is 0 Å². The van der Waals surface area contributed by atoms with Gasteiger partial charge in [-0.05, 0) is 57.9 Å². The Bertz CT molecular complexity index is 841. The van der Waals surface area contributed by atoms with E-state index in [1.54, 1.807) is 19.1 Å². The Balaban J connectivity index is 1.70. The molecule has 0 saturated carbocycles. The normalized spacial score (nSPS) is 11.8. The Morgan fingerprint density at radius 2 is 1.29 bits per heavy atom. The van der Waals surface area contributed by atoms with E-state index in [0.717, 1.165) is 22.3 Å². The fourth-order valence-electron chi connectivity index (χ4n) is 2.87. The van der Waals surface area contributed by atoms with Crippen LogP contribution in [0, 0.1) is 27.7 Å². The predicted molar refractivity (Wildman–Crippen MR) is 108 cm³/mol. The summed E-state index contributed by atoms with van der Waals surface area (Å²) in [6, 6.07) is 11.2. The molecule has 0 fully saturated rings. The van der Waals surface area contributed by atoms with Gasteiger partial charge in [0, 0.05) is 0 Å². The number of benzene rings is 2. The second-order valence-electron chi connectivity index (χ2n) is 7.05. The van der Waals surface area contributed by atoms with Crippen LogP contribution in [0.1, 0.15) is 49.9 Å². The van der Waals surface area contributed by atoms with Crippen LogP contribution in [0.25, 0.3) is 0 Å². The number of hydrogen-bond donors (Lipinski definition) is 0. The molecule has 2 aromatic carbocycles. The maximum Gasteiger partial charge on any atom is 0.338 e. The Kier molecular flexibility index (Phi) is 7.76. The second-order valence-corrected chi connectivity index (χ2v) is 7.05. The van der Waals surface area contributed by atoms with Crippen LogP contribution in [-0.2, 0) is 14.2 Å². The van der Waals surface area contributed by atoms with E-state index in [1.807, 2.05) is 52.0 Å². The van der Waals surface area contributed by atoms with Crippen molar-refractivity contribution >= 4 is 11.9 Å². The van der Waals surface area contributed by atoms with Crippen molar-refractivity contribution in [2.24, 2.45) is 0 Å². The van der Waals surface area contributed by atoms with Gasteiger partial charge in [0.2, 0.25) is 0 Å². The Hall–Kier alpha value is -2.66. The zero-order valence-electron chi connectivity index (χ0n) is 17.2. The molecule has 5 nitrogen and oxygen atoms in total. The molecular weight excluding hydrogens is 356 g/mol. The van der Waals surface area contributed by atoms with Gasteiger partial charge in [0.1, 0.15) is 13.2 Å². The number of rotatable bonds is 8. The van der Waals surface area contributed by atoms with E-state index in [2.05, 4.69) is 0 Å². The number of aryl methyl sites for hydroxylation is 4. The predicted octanol–water partition coefficient (Wildman–Crippen LogP) is 4.34. The van der Waals surface area contributed by atoms with Crippen LogP contribution in [0.2, 0.25) is 0 Å². The second kappa shape index (κ2) is 10.0. The number of carbonyl (C=O) groups is 2. The lowest BCUT2D eigenvalue weighted by atomic mass is 10.1. The molecule has 1 unspecified atom stereocenters. The van der Waals surface area contributed by atoms with E-state index in [-0.39, 0.29) is 37.9 Å². The van der Waals surface area contributed by atoms with Crippen molar-refractivity contribution in [3.63, 3.8) is 0 Å². The van der Waals surface area contributed by atoms with Gasteiger partial charge in [-0.2, -0.15) is 0 Å². The molecule has 28 heavy (non-hydrogen) atoms. The molecule has 0 saturated heterocycles. The number of hydrogen-bond acceptors (Lipinski definition) is 5. The molecule has 0 aliphatic carbocycles. The van der Waals surface area contributed by atoms with Crippen molar-refractivity contribution in [1.29, 1.82) is 0 Å². The van der Waals surface area contributed by atoms with Gasteiger partial charge in [-0.3, -0.25) is 0 Å². The van der Waals surface area contributed by atoms with Crippen molar-refractivity contribution in [2.75, 3.05) is 19.8 Å². The minimum absolute atomic E-state index is 0.136. The van der Waals surface area contributed by atoms with Crippen LogP contribution in [0.4, 0.5) is 0 Å². The van der Waals surface area contributed by atoms with Gasteiger partial charge >= 0.3 is 11.9 Å². The van der Waals surface area contributed by atoms with E-state index >= 15 is 0 Å². The third-order valence-corrected chi connectivity index (χ3v) is 4.37. The molecule has 5 heteroatoms. The Morgan fingerprint density at radius 3 is 1.79 bits per heavy atom. The Morgan fingerprint density at radius 1 is 0.786 bits per heavy atom. The number of ether oxygens (including phenoxy) is 3. The van der Waals surface area contributed by atoms with Crippen LogP contribution in [-0.4, -0.2) is 37.9 Å². The van der Waals surface area contributed by atoms with Crippen LogP contribution in [0.15, 0.2) is 36.4 Å². The van der Waals surface area contributed by atoms with E-state index in [4.69, 9.17) is 14.2 Å². The maximum atomic E-state index is 12.2. The van der Waals surface area contributed by atoms with Gasteiger partial charge in [-0.15, -0.1) is 0 Å². The first-order valence-electron chi connectivity index (χ1n) is 9.38. The summed E-state index contributed by atoms with van der Waals surface area (Å²) in [5, 5.41) is 0. The van der Waals surface area contributed by atoms with E-state index in [9.17, 15) is 9.59 Å². The minimum Gasteiger partial charge on any atom is -0.460 e. The first-order valence-corrected chi connectivity index (χ1v) is 9.38. The van der Waals surface area contributed by atoms with Gasteiger partial charge in [0.15, 0.2) is 0 Å². The molecule has 150 valence electrons. The molecule has 0 radical (unpaired) electrons. The van der Waals surface area contributed by atoms with Crippen molar-refractivity contribution in [3.8, 4) is 0 Å². The van der Waals surface area contributed by atoms with Gasteiger partial charge in [0.25, 0.3) is 0 Å². The third-order valence-electron chi connectivity index (χ3n) is 4.37. The van der Waals surface area contributed by atoms with E-state index in [0.29, 0.717) is 11.1 Å². The number of carbonyl (C=O) groups excluding carboxylic acids is 2. The lowest BCUT2D eigenvalue weighted by Gasteiger charge is -2.14. The summed E-state index contributed by atoms with van der Waals surface area (Å²) >= 11 is 0. The first kappa shape index (κ1) is 21.6. The minimum atomic E-state index is -0.366. The summed E-state index contributed by atoms with van der Waals surface area (Å²) in [5.74, 6) is -0.732. The Labute approximate surface area is 166 Å². The topological polar surface area (TPSA) is 61.8 Å². The molecule has 0 aliphatic heterocycles. The molecule has 0 amide bonds. The molecule has 1 atom stereocenters. The van der Waals surface area contributed by atoms with Crippen molar-refractivity contribution in [3.05, 3.63) is 69.8 Å². The van der Waals surface area contributed by atoms with Gasteiger partial charge < -0.3 is 14.2 Å². The molecule has 2 rings (SSSR count). The molecule has 0 aliphatic rings. The quantitative estimate of drug-likeness (QED) is 0.500. The summed E-state index contributed by atoms with van der Waals surface area (Å²) in [5.41, 5.74) is 5.08. The molecule has 0 N–H and O–H groups in total. The molecular formula is C23H28O5. The summed E-state index contributed by atoms with van der Waals surface area (Å²) in [7, 11) is 0. The highest BCUT2D eigenvalue weighted by atomic mass is 16.6. The van der Waals surface area contributed by atoms with Crippen molar-refractivity contribution < 1.29 is 23.8 Å². The highest BCUT2D eigenvalue weighted by Gasteiger charge is 2.14. The lowest BCUT2D eigenvalue weighted by molar-refractivity contribution is -0.0169. The third kappa shape index (κ3) is 6.20. The summed E-state index contributed by atoms with van der Waals surface area (Å²) in [6.45, 7) is 10.0. The smallest absolute Gasteiger partial charge is 0.338 e. The average molecular weight is 384 g/mol. The van der Waals surface area contributed by atoms with E-state index < -0.39 is 0 Å². The molecule has 0 heterocycles. The molecule has 0 aromatic heterocycles. The zero-order chi connectivity index (χ0) is 20.7. The molecule has 0 bridgehead atoms. The first-order chi connectivity index (χ1) is 13.3.